The maximum Gasteiger partial charge on any atom is 0.254 e. The standard InChI is InChI=1S/C15H20N6O2/c1-2-21-8-11(6-18-21)14(23)19-13-9-20(7-12(13)10-22)15-16-4-3-5-17-15/h3-6,8,12-13,22H,2,7,9-10H2,1H3,(H,19,23)/t12-,13+/m0/s1. The molecule has 1 aliphatic heterocycles. The molecular weight excluding hydrogens is 296 g/mol. The molecule has 23 heavy (non-hydrogen) atoms. The number of rotatable bonds is 5. The molecule has 3 heterocycles. The molecule has 2 aromatic heterocycles. The van der Waals surface area contributed by atoms with Crippen molar-refractivity contribution in [3.63, 3.8) is 0 Å². The summed E-state index contributed by atoms with van der Waals surface area (Å²) in [5, 5.41) is 16.7. The number of nitrogens with one attached hydrogen (secondary N) is 1. The summed E-state index contributed by atoms with van der Waals surface area (Å²) < 4.78 is 1.71. The summed E-state index contributed by atoms with van der Waals surface area (Å²) in [4.78, 5) is 22.8. The van der Waals surface area contributed by atoms with Crippen molar-refractivity contribution in [3.8, 4) is 0 Å². The first-order chi connectivity index (χ1) is 11.2. The van der Waals surface area contributed by atoms with Gasteiger partial charge in [-0.25, -0.2) is 9.97 Å². The molecule has 2 aromatic rings. The van der Waals surface area contributed by atoms with Crippen LogP contribution in [0.15, 0.2) is 30.9 Å². The van der Waals surface area contributed by atoms with E-state index in [1.54, 1.807) is 35.5 Å². The minimum atomic E-state index is -0.177. The van der Waals surface area contributed by atoms with Crippen LogP contribution in [0.3, 0.4) is 0 Å². The van der Waals surface area contributed by atoms with Crippen molar-refractivity contribution in [2.24, 2.45) is 5.92 Å². The lowest BCUT2D eigenvalue weighted by atomic mass is 10.1. The van der Waals surface area contributed by atoms with Crippen molar-refractivity contribution in [1.82, 2.24) is 25.1 Å². The second-order valence-corrected chi connectivity index (χ2v) is 5.56. The maximum atomic E-state index is 12.3. The zero-order valence-corrected chi connectivity index (χ0v) is 13.0. The Morgan fingerprint density at radius 3 is 2.83 bits per heavy atom. The number of aromatic nitrogens is 4. The Labute approximate surface area is 134 Å². The van der Waals surface area contributed by atoms with Crippen LogP contribution < -0.4 is 10.2 Å². The monoisotopic (exact) mass is 316 g/mol. The zero-order valence-electron chi connectivity index (χ0n) is 13.0. The molecule has 1 aliphatic rings. The van der Waals surface area contributed by atoms with Gasteiger partial charge in [0.1, 0.15) is 0 Å². The Balaban J connectivity index is 1.68. The van der Waals surface area contributed by atoms with E-state index in [-0.39, 0.29) is 24.5 Å². The lowest BCUT2D eigenvalue weighted by Crippen LogP contribution is -2.41. The summed E-state index contributed by atoms with van der Waals surface area (Å²) in [5.74, 6) is 0.384. The summed E-state index contributed by atoms with van der Waals surface area (Å²) in [6, 6.07) is 1.61. The van der Waals surface area contributed by atoms with Crippen LogP contribution >= 0.6 is 0 Å². The van der Waals surface area contributed by atoms with Gasteiger partial charge in [0, 0.05) is 50.7 Å². The SMILES string of the molecule is CCn1cc(C(=O)N[C@@H]2CN(c3ncccn3)C[C@H]2CO)cn1. The number of aryl methyl sites for hydroxylation is 1. The average molecular weight is 316 g/mol. The third-order valence-electron chi connectivity index (χ3n) is 4.05. The predicted octanol–water partition coefficient (Wildman–Crippen LogP) is -0.0799. The highest BCUT2D eigenvalue weighted by molar-refractivity contribution is 5.94. The van der Waals surface area contributed by atoms with Crippen LogP contribution in [0.1, 0.15) is 17.3 Å². The van der Waals surface area contributed by atoms with Gasteiger partial charge in [0.2, 0.25) is 5.95 Å². The van der Waals surface area contributed by atoms with Gasteiger partial charge in [-0.3, -0.25) is 9.48 Å². The number of carbonyl (C=O) groups is 1. The summed E-state index contributed by atoms with van der Waals surface area (Å²) in [6.45, 7) is 3.87. The first-order valence-corrected chi connectivity index (χ1v) is 7.67. The average Bonchev–Trinajstić information content (AvgIpc) is 3.22. The molecule has 1 amide bonds. The summed E-state index contributed by atoms with van der Waals surface area (Å²) in [6.07, 6.45) is 6.64. The van der Waals surface area contributed by atoms with Crippen molar-refractivity contribution < 1.29 is 9.90 Å². The summed E-state index contributed by atoms with van der Waals surface area (Å²) in [7, 11) is 0. The molecule has 0 bridgehead atoms. The van der Waals surface area contributed by atoms with Crippen LogP contribution in [0.25, 0.3) is 0 Å². The molecule has 0 unspecified atom stereocenters. The van der Waals surface area contributed by atoms with Crippen LogP contribution in [-0.2, 0) is 6.54 Å². The Morgan fingerprint density at radius 2 is 2.17 bits per heavy atom. The maximum absolute atomic E-state index is 12.3. The number of nitrogens with zero attached hydrogens (tertiary/aromatic N) is 5. The number of aliphatic hydroxyl groups excluding tert-OH is 1. The van der Waals surface area contributed by atoms with Gasteiger partial charge in [-0.1, -0.05) is 0 Å². The zero-order chi connectivity index (χ0) is 16.2. The molecule has 0 aromatic carbocycles. The molecule has 1 fully saturated rings. The Bertz CT molecular complexity index is 659. The number of hydrogen-bond acceptors (Lipinski definition) is 6. The van der Waals surface area contributed by atoms with Gasteiger partial charge < -0.3 is 15.3 Å². The fourth-order valence-corrected chi connectivity index (χ4v) is 2.74. The van der Waals surface area contributed by atoms with E-state index in [1.165, 1.54) is 0 Å². The van der Waals surface area contributed by atoms with Gasteiger partial charge in [-0.15, -0.1) is 0 Å². The van der Waals surface area contributed by atoms with E-state index in [0.29, 0.717) is 24.6 Å². The van der Waals surface area contributed by atoms with Crippen LogP contribution in [-0.4, -0.2) is 56.5 Å². The van der Waals surface area contributed by atoms with Gasteiger partial charge in [0.15, 0.2) is 0 Å². The smallest absolute Gasteiger partial charge is 0.254 e. The van der Waals surface area contributed by atoms with E-state index < -0.39 is 0 Å². The Hall–Kier alpha value is -2.48. The van der Waals surface area contributed by atoms with E-state index in [1.807, 2.05) is 11.8 Å². The van der Waals surface area contributed by atoms with E-state index in [0.717, 1.165) is 6.54 Å². The van der Waals surface area contributed by atoms with Gasteiger partial charge in [-0.2, -0.15) is 5.10 Å². The fourth-order valence-electron chi connectivity index (χ4n) is 2.74. The van der Waals surface area contributed by atoms with E-state index in [4.69, 9.17) is 0 Å². The van der Waals surface area contributed by atoms with Crippen LogP contribution in [0.5, 0.6) is 0 Å². The van der Waals surface area contributed by atoms with Gasteiger partial charge in [0.05, 0.1) is 17.8 Å². The van der Waals surface area contributed by atoms with Crippen molar-refractivity contribution >= 4 is 11.9 Å². The first kappa shape index (κ1) is 15.4. The molecule has 0 radical (unpaired) electrons. The number of aliphatic hydroxyl groups is 1. The molecule has 1 saturated heterocycles. The molecule has 0 aliphatic carbocycles. The molecule has 8 nitrogen and oxygen atoms in total. The molecule has 3 rings (SSSR count). The molecular formula is C15H20N6O2. The van der Waals surface area contributed by atoms with Gasteiger partial charge >= 0.3 is 0 Å². The van der Waals surface area contributed by atoms with E-state index in [2.05, 4.69) is 20.4 Å². The number of carbonyl (C=O) groups excluding carboxylic acids is 1. The van der Waals surface area contributed by atoms with Crippen molar-refractivity contribution in [2.45, 2.75) is 19.5 Å². The highest BCUT2D eigenvalue weighted by atomic mass is 16.3. The highest BCUT2D eigenvalue weighted by Crippen LogP contribution is 2.21. The molecule has 2 atom stereocenters. The van der Waals surface area contributed by atoms with Crippen molar-refractivity contribution in [1.29, 1.82) is 0 Å². The lowest BCUT2D eigenvalue weighted by molar-refractivity contribution is 0.0921. The second-order valence-electron chi connectivity index (χ2n) is 5.56. The third kappa shape index (κ3) is 3.31. The summed E-state index contributed by atoms with van der Waals surface area (Å²) in [5.41, 5.74) is 0.526. The van der Waals surface area contributed by atoms with Crippen molar-refractivity contribution in [3.05, 3.63) is 36.4 Å². The number of amides is 1. The molecule has 122 valence electrons. The first-order valence-electron chi connectivity index (χ1n) is 7.67. The minimum Gasteiger partial charge on any atom is -0.396 e. The Kier molecular flexibility index (Phi) is 4.52. The number of hydrogen-bond donors (Lipinski definition) is 2. The third-order valence-corrected chi connectivity index (χ3v) is 4.05. The largest absolute Gasteiger partial charge is 0.396 e. The van der Waals surface area contributed by atoms with E-state index >= 15 is 0 Å². The highest BCUT2D eigenvalue weighted by Gasteiger charge is 2.34. The minimum absolute atomic E-state index is 0.00248. The van der Waals surface area contributed by atoms with E-state index in [9.17, 15) is 9.90 Å². The van der Waals surface area contributed by atoms with Gasteiger partial charge in [-0.05, 0) is 13.0 Å². The number of anilines is 1. The van der Waals surface area contributed by atoms with Crippen molar-refractivity contribution in [2.75, 3.05) is 24.6 Å². The second kappa shape index (κ2) is 6.74. The predicted molar refractivity (Wildman–Crippen MR) is 84.0 cm³/mol. The van der Waals surface area contributed by atoms with Crippen LogP contribution in [0.2, 0.25) is 0 Å². The molecule has 0 saturated carbocycles. The van der Waals surface area contributed by atoms with Gasteiger partial charge in [0.25, 0.3) is 5.91 Å². The summed E-state index contributed by atoms with van der Waals surface area (Å²) >= 11 is 0. The van der Waals surface area contributed by atoms with Crippen LogP contribution in [0.4, 0.5) is 5.95 Å². The Morgan fingerprint density at radius 1 is 1.39 bits per heavy atom. The molecule has 2 N–H and O–H groups in total. The topological polar surface area (TPSA) is 96.2 Å². The normalized spacial score (nSPS) is 20.7. The fraction of sp³-hybridized carbons (Fsp3) is 0.467. The quantitative estimate of drug-likeness (QED) is 0.801. The lowest BCUT2D eigenvalue weighted by Gasteiger charge is -2.17. The molecule has 8 heteroatoms. The molecule has 0 spiro atoms. The van der Waals surface area contributed by atoms with Crippen LogP contribution in [0, 0.1) is 5.92 Å².